The molecular weight excluding hydrogens is 306 g/mol. The fourth-order valence-electron chi connectivity index (χ4n) is 2.35. The van der Waals surface area contributed by atoms with Crippen LogP contribution in [0.2, 0.25) is 0 Å². The summed E-state index contributed by atoms with van der Waals surface area (Å²) in [6.45, 7) is 5.86. The quantitative estimate of drug-likeness (QED) is 0.838. The van der Waals surface area contributed by atoms with Gasteiger partial charge in [-0.05, 0) is 33.6 Å². The van der Waals surface area contributed by atoms with Gasteiger partial charge in [-0.2, -0.15) is 0 Å². The Morgan fingerprint density at radius 1 is 1.41 bits per heavy atom. The van der Waals surface area contributed by atoms with E-state index in [1.807, 2.05) is 0 Å². The summed E-state index contributed by atoms with van der Waals surface area (Å²) in [6, 6.07) is -0.387. The van der Waals surface area contributed by atoms with E-state index >= 15 is 0 Å². The Balaban J connectivity index is 2.10. The molecule has 22 heavy (non-hydrogen) atoms. The number of rotatable bonds is 3. The lowest BCUT2D eigenvalue weighted by atomic mass is 10.2. The molecule has 1 atom stereocenters. The first-order chi connectivity index (χ1) is 10.2. The van der Waals surface area contributed by atoms with Gasteiger partial charge in [0.25, 0.3) is 0 Å². The molecule has 1 aliphatic rings. The van der Waals surface area contributed by atoms with E-state index in [0.717, 1.165) is 6.42 Å². The lowest BCUT2D eigenvalue weighted by Gasteiger charge is -2.28. The van der Waals surface area contributed by atoms with Gasteiger partial charge in [0, 0.05) is 25.0 Å². The number of sulfone groups is 1. The smallest absolute Gasteiger partial charge is 0.410 e. The van der Waals surface area contributed by atoms with Gasteiger partial charge < -0.3 is 9.64 Å². The highest BCUT2D eigenvalue weighted by atomic mass is 32.2. The van der Waals surface area contributed by atoms with Gasteiger partial charge in [0.2, 0.25) is 0 Å². The topological polar surface area (TPSA) is 89.5 Å². The third kappa shape index (κ3) is 4.16. The second-order valence-electron chi connectivity index (χ2n) is 6.29. The summed E-state index contributed by atoms with van der Waals surface area (Å²) < 4.78 is 30.1. The van der Waals surface area contributed by atoms with Crippen LogP contribution < -0.4 is 0 Å². The first kappa shape index (κ1) is 16.7. The minimum Gasteiger partial charge on any atom is -0.444 e. The standard InChI is InChI=1S/C14H21N3O4S/c1-14(2,3)21-13(18)17-8-4-5-11(17)10-22(19,20)12-9-15-6-7-16-12/h6-7,9,11H,4-5,8,10H2,1-3H3. The molecule has 1 aromatic rings. The SMILES string of the molecule is CC(C)(C)OC(=O)N1CCCC1CS(=O)(=O)c1cnccn1. The molecule has 0 aliphatic carbocycles. The lowest BCUT2D eigenvalue weighted by Crippen LogP contribution is -2.42. The number of likely N-dealkylation sites (tertiary alicyclic amines) is 1. The molecule has 1 saturated heterocycles. The largest absolute Gasteiger partial charge is 0.444 e. The molecule has 1 aromatic heterocycles. The highest BCUT2D eigenvalue weighted by Crippen LogP contribution is 2.23. The van der Waals surface area contributed by atoms with Gasteiger partial charge in [0.1, 0.15) is 5.60 Å². The molecule has 8 heteroatoms. The summed E-state index contributed by atoms with van der Waals surface area (Å²) in [6.07, 6.45) is 4.92. The molecule has 1 aliphatic heterocycles. The maximum absolute atomic E-state index is 12.4. The highest BCUT2D eigenvalue weighted by Gasteiger charge is 2.35. The summed E-state index contributed by atoms with van der Waals surface area (Å²) >= 11 is 0. The first-order valence-electron chi connectivity index (χ1n) is 7.17. The second kappa shape index (κ2) is 6.20. The molecule has 0 N–H and O–H groups in total. The van der Waals surface area contributed by atoms with Crippen molar-refractivity contribution in [3.05, 3.63) is 18.6 Å². The van der Waals surface area contributed by atoms with Crippen LogP contribution in [0.15, 0.2) is 23.6 Å². The lowest BCUT2D eigenvalue weighted by molar-refractivity contribution is 0.0241. The van der Waals surface area contributed by atoms with Crippen LogP contribution in [0.3, 0.4) is 0 Å². The van der Waals surface area contributed by atoms with Crippen molar-refractivity contribution < 1.29 is 17.9 Å². The van der Waals surface area contributed by atoms with E-state index in [1.54, 1.807) is 20.8 Å². The Bertz CT molecular complexity index is 625. The fourth-order valence-corrected chi connectivity index (χ4v) is 3.82. The maximum Gasteiger partial charge on any atom is 0.410 e. The number of hydrogen-bond donors (Lipinski definition) is 0. The molecule has 1 fully saturated rings. The minimum absolute atomic E-state index is 0.0639. The predicted molar refractivity (Wildman–Crippen MR) is 80.0 cm³/mol. The average Bonchev–Trinajstić information content (AvgIpc) is 2.85. The number of hydrogen-bond acceptors (Lipinski definition) is 6. The van der Waals surface area contributed by atoms with Crippen molar-refractivity contribution in [1.82, 2.24) is 14.9 Å². The third-order valence-electron chi connectivity index (χ3n) is 3.28. The van der Waals surface area contributed by atoms with E-state index in [2.05, 4.69) is 9.97 Å². The Kier molecular flexibility index (Phi) is 4.69. The molecule has 0 bridgehead atoms. The second-order valence-corrected chi connectivity index (χ2v) is 8.28. The van der Waals surface area contributed by atoms with Gasteiger partial charge in [-0.15, -0.1) is 0 Å². The zero-order valence-corrected chi connectivity index (χ0v) is 13.8. The van der Waals surface area contributed by atoms with Crippen LogP contribution in [0.1, 0.15) is 33.6 Å². The van der Waals surface area contributed by atoms with E-state index in [0.29, 0.717) is 13.0 Å². The van der Waals surface area contributed by atoms with Crippen LogP contribution >= 0.6 is 0 Å². The van der Waals surface area contributed by atoms with E-state index < -0.39 is 21.5 Å². The van der Waals surface area contributed by atoms with Crippen molar-refractivity contribution >= 4 is 15.9 Å². The third-order valence-corrected chi connectivity index (χ3v) is 4.95. The first-order valence-corrected chi connectivity index (χ1v) is 8.83. The normalized spacial score (nSPS) is 19.2. The zero-order chi connectivity index (χ0) is 16.4. The molecule has 0 saturated carbocycles. The van der Waals surface area contributed by atoms with E-state index in [4.69, 9.17) is 4.74 Å². The van der Waals surface area contributed by atoms with Crippen molar-refractivity contribution in [2.45, 2.75) is 50.3 Å². The minimum atomic E-state index is -3.58. The van der Waals surface area contributed by atoms with Crippen molar-refractivity contribution in [3.8, 4) is 0 Å². The summed E-state index contributed by atoms with van der Waals surface area (Å²) in [5.41, 5.74) is -0.603. The Morgan fingerprint density at radius 3 is 2.73 bits per heavy atom. The molecule has 7 nitrogen and oxygen atoms in total. The van der Waals surface area contributed by atoms with Crippen molar-refractivity contribution in [1.29, 1.82) is 0 Å². The van der Waals surface area contributed by atoms with E-state index in [9.17, 15) is 13.2 Å². The molecule has 0 aromatic carbocycles. The Hall–Kier alpha value is -1.70. The van der Waals surface area contributed by atoms with Gasteiger partial charge in [-0.1, -0.05) is 0 Å². The van der Waals surface area contributed by atoms with Crippen LogP contribution in [0.4, 0.5) is 4.79 Å². The summed E-state index contributed by atoms with van der Waals surface area (Å²) in [5, 5.41) is -0.0639. The van der Waals surface area contributed by atoms with E-state index in [1.165, 1.54) is 23.5 Å². The highest BCUT2D eigenvalue weighted by molar-refractivity contribution is 7.91. The molecule has 1 unspecified atom stereocenters. The summed E-state index contributed by atoms with van der Waals surface area (Å²) in [4.78, 5) is 21.3. The molecule has 122 valence electrons. The Morgan fingerprint density at radius 2 is 2.14 bits per heavy atom. The summed E-state index contributed by atoms with van der Waals surface area (Å²) in [5.74, 6) is -0.162. The van der Waals surface area contributed by atoms with Gasteiger partial charge in [-0.3, -0.25) is 4.98 Å². The van der Waals surface area contributed by atoms with Crippen molar-refractivity contribution in [2.75, 3.05) is 12.3 Å². The predicted octanol–water partition coefficient (Wildman–Crippen LogP) is 1.65. The molecular formula is C14H21N3O4S. The van der Waals surface area contributed by atoms with Gasteiger partial charge in [0.05, 0.1) is 11.9 Å². The van der Waals surface area contributed by atoms with Crippen LogP contribution in [-0.2, 0) is 14.6 Å². The molecule has 2 rings (SSSR count). The van der Waals surface area contributed by atoms with Gasteiger partial charge in [-0.25, -0.2) is 18.2 Å². The monoisotopic (exact) mass is 327 g/mol. The molecule has 1 amide bonds. The number of carbonyl (C=O) groups excluding carboxylic acids is 1. The average molecular weight is 327 g/mol. The maximum atomic E-state index is 12.4. The molecule has 2 heterocycles. The van der Waals surface area contributed by atoms with Crippen LogP contribution in [0, 0.1) is 0 Å². The van der Waals surface area contributed by atoms with Crippen LogP contribution in [-0.4, -0.2) is 53.3 Å². The van der Waals surface area contributed by atoms with E-state index in [-0.39, 0.29) is 16.8 Å². The van der Waals surface area contributed by atoms with Crippen LogP contribution in [0.25, 0.3) is 0 Å². The number of carbonyl (C=O) groups is 1. The number of nitrogens with zero attached hydrogens (tertiary/aromatic N) is 3. The number of aromatic nitrogens is 2. The van der Waals surface area contributed by atoms with Crippen LogP contribution in [0.5, 0.6) is 0 Å². The number of amides is 1. The molecule has 0 spiro atoms. The van der Waals surface area contributed by atoms with Crippen molar-refractivity contribution in [3.63, 3.8) is 0 Å². The fraction of sp³-hybridized carbons (Fsp3) is 0.643. The molecule has 0 radical (unpaired) electrons. The van der Waals surface area contributed by atoms with Gasteiger partial charge in [0.15, 0.2) is 14.9 Å². The zero-order valence-electron chi connectivity index (χ0n) is 13.0. The van der Waals surface area contributed by atoms with Gasteiger partial charge >= 0.3 is 6.09 Å². The summed E-state index contributed by atoms with van der Waals surface area (Å²) in [7, 11) is -3.58. The number of ether oxygens (including phenoxy) is 1. The van der Waals surface area contributed by atoms with Crippen molar-refractivity contribution in [2.24, 2.45) is 0 Å². The Labute approximate surface area is 130 Å².